The van der Waals surface area contributed by atoms with Gasteiger partial charge < -0.3 is 10.2 Å². The third-order valence-corrected chi connectivity index (χ3v) is 3.02. The Labute approximate surface area is 86.9 Å². The predicted octanol–water partition coefficient (Wildman–Crippen LogP) is 1.24. The zero-order valence-corrected chi connectivity index (χ0v) is 9.55. The van der Waals surface area contributed by atoms with E-state index in [4.69, 9.17) is 0 Å². The molecule has 0 radical (unpaired) electrons. The normalized spacial score (nSPS) is 17.9. The molecule has 3 nitrogen and oxygen atoms in total. The zero-order valence-electron chi connectivity index (χ0n) is 9.55. The summed E-state index contributed by atoms with van der Waals surface area (Å²) >= 11 is 0. The first-order valence-electron chi connectivity index (χ1n) is 5.70. The summed E-state index contributed by atoms with van der Waals surface area (Å²) in [5, 5.41) is 3.30. The van der Waals surface area contributed by atoms with Gasteiger partial charge in [-0.3, -0.25) is 4.79 Å². The lowest BCUT2D eigenvalue weighted by molar-refractivity contribution is -0.130. The maximum absolute atomic E-state index is 11.6. The van der Waals surface area contributed by atoms with Crippen molar-refractivity contribution in [3.05, 3.63) is 0 Å². The standard InChI is InChI=1S/C11H22N2O/c1-4-13(5-2)11(14)8-12-9(3)10-6-7-10/h9-10,12H,4-8H2,1-3H3. The van der Waals surface area contributed by atoms with E-state index in [1.165, 1.54) is 12.8 Å². The summed E-state index contributed by atoms with van der Waals surface area (Å²) in [7, 11) is 0. The molecule has 1 unspecified atom stereocenters. The minimum atomic E-state index is 0.225. The van der Waals surface area contributed by atoms with Crippen molar-refractivity contribution in [2.45, 2.75) is 39.7 Å². The van der Waals surface area contributed by atoms with E-state index >= 15 is 0 Å². The first-order chi connectivity index (χ1) is 6.69. The molecule has 82 valence electrons. The molecule has 0 aromatic carbocycles. The van der Waals surface area contributed by atoms with Crippen LogP contribution < -0.4 is 5.32 Å². The summed E-state index contributed by atoms with van der Waals surface area (Å²) < 4.78 is 0. The third kappa shape index (κ3) is 3.29. The largest absolute Gasteiger partial charge is 0.342 e. The molecule has 1 amide bonds. The quantitative estimate of drug-likeness (QED) is 0.696. The molecule has 0 aromatic rings. The summed E-state index contributed by atoms with van der Waals surface area (Å²) in [5.41, 5.74) is 0. The van der Waals surface area contributed by atoms with Crippen molar-refractivity contribution in [1.82, 2.24) is 10.2 Å². The van der Waals surface area contributed by atoms with Crippen LogP contribution in [0.3, 0.4) is 0 Å². The van der Waals surface area contributed by atoms with Gasteiger partial charge in [-0.2, -0.15) is 0 Å². The second-order valence-corrected chi connectivity index (χ2v) is 4.07. The van der Waals surface area contributed by atoms with Crippen molar-refractivity contribution in [3.8, 4) is 0 Å². The SMILES string of the molecule is CCN(CC)C(=O)CNC(C)C1CC1. The number of carbonyl (C=O) groups is 1. The summed E-state index contributed by atoms with van der Waals surface area (Å²) in [6, 6.07) is 0.509. The van der Waals surface area contributed by atoms with Crippen molar-refractivity contribution < 1.29 is 4.79 Å². The van der Waals surface area contributed by atoms with E-state index in [9.17, 15) is 4.79 Å². The molecule has 1 rings (SSSR count). The summed E-state index contributed by atoms with van der Waals surface area (Å²) in [4.78, 5) is 13.5. The van der Waals surface area contributed by atoms with Crippen LogP contribution in [0.15, 0.2) is 0 Å². The number of likely N-dealkylation sites (N-methyl/N-ethyl adjacent to an activating group) is 1. The molecule has 1 fully saturated rings. The van der Waals surface area contributed by atoms with E-state index in [0.29, 0.717) is 12.6 Å². The van der Waals surface area contributed by atoms with Gasteiger partial charge in [-0.1, -0.05) is 0 Å². The molecule has 0 heterocycles. The van der Waals surface area contributed by atoms with E-state index in [0.717, 1.165) is 19.0 Å². The Hall–Kier alpha value is -0.570. The molecule has 0 saturated heterocycles. The first kappa shape index (κ1) is 11.5. The van der Waals surface area contributed by atoms with Crippen LogP contribution in [-0.4, -0.2) is 36.5 Å². The Morgan fingerprint density at radius 3 is 2.43 bits per heavy atom. The Bertz CT molecular complexity index is 186. The van der Waals surface area contributed by atoms with E-state index in [1.807, 2.05) is 18.7 Å². The van der Waals surface area contributed by atoms with Gasteiger partial charge in [0.1, 0.15) is 0 Å². The van der Waals surface area contributed by atoms with Gasteiger partial charge in [0.15, 0.2) is 0 Å². The van der Waals surface area contributed by atoms with E-state index in [-0.39, 0.29) is 5.91 Å². The monoisotopic (exact) mass is 198 g/mol. The van der Waals surface area contributed by atoms with Crippen LogP contribution >= 0.6 is 0 Å². The van der Waals surface area contributed by atoms with Gasteiger partial charge >= 0.3 is 0 Å². The van der Waals surface area contributed by atoms with Gasteiger partial charge in [-0.25, -0.2) is 0 Å². The van der Waals surface area contributed by atoms with Crippen LogP contribution in [0.1, 0.15) is 33.6 Å². The molecule has 1 aliphatic rings. The summed E-state index contributed by atoms with van der Waals surface area (Å²) in [6.07, 6.45) is 2.65. The van der Waals surface area contributed by atoms with Crippen molar-refractivity contribution in [1.29, 1.82) is 0 Å². The molecule has 0 bridgehead atoms. The maximum atomic E-state index is 11.6. The topological polar surface area (TPSA) is 32.3 Å². The smallest absolute Gasteiger partial charge is 0.236 e. The van der Waals surface area contributed by atoms with Crippen molar-refractivity contribution in [2.75, 3.05) is 19.6 Å². The van der Waals surface area contributed by atoms with Gasteiger partial charge in [0.05, 0.1) is 6.54 Å². The lowest BCUT2D eigenvalue weighted by Crippen LogP contribution is -2.41. The minimum Gasteiger partial charge on any atom is -0.342 e. The van der Waals surface area contributed by atoms with E-state index < -0.39 is 0 Å². The molecule has 3 heteroatoms. The maximum Gasteiger partial charge on any atom is 0.236 e. The highest BCUT2D eigenvalue weighted by atomic mass is 16.2. The zero-order chi connectivity index (χ0) is 10.6. The van der Waals surface area contributed by atoms with Crippen LogP contribution in [0.5, 0.6) is 0 Å². The highest BCUT2D eigenvalue weighted by Gasteiger charge is 2.27. The molecule has 1 aliphatic carbocycles. The fourth-order valence-electron chi connectivity index (χ4n) is 1.70. The lowest BCUT2D eigenvalue weighted by Gasteiger charge is -2.20. The average molecular weight is 198 g/mol. The Morgan fingerprint density at radius 1 is 1.43 bits per heavy atom. The molecule has 14 heavy (non-hydrogen) atoms. The van der Waals surface area contributed by atoms with Gasteiger partial charge in [-0.15, -0.1) is 0 Å². The fourth-order valence-corrected chi connectivity index (χ4v) is 1.70. The van der Waals surface area contributed by atoms with Crippen LogP contribution in [0.2, 0.25) is 0 Å². The van der Waals surface area contributed by atoms with Gasteiger partial charge in [0, 0.05) is 19.1 Å². The summed E-state index contributed by atoms with van der Waals surface area (Å²) in [6.45, 7) is 8.34. The number of amides is 1. The van der Waals surface area contributed by atoms with Crippen molar-refractivity contribution in [2.24, 2.45) is 5.92 Å². The second kappa shape index (κ2) is 5.35. The molecule has 0 aliphatic heterocycles. The highest BCUT2D eigenvalue weighted by Crippen LogP contribution is 2.32. The highest BCUT2D eigenvalue weighted by molar-refractivity contribution is 5.78. The van der Waals surface area contributed by atoms with Crippen molar-refractivity contribution in [3.63, 3.8) is 0 Å². The molecule has 0 spiro atoms. The number of nitrogens with one attached hydrogen (secondary N) is 1. The number of carbonyl (C=O) groups excluding carboxylic acids is 1. The molecular formula is C11H22N2O. The van der Waals surface area contributed by atoms with Gasteiger partial charge in [0.2, 0.25) is 5.91 Å². The molecule has 1 N–H and O–H groups in total. The van der Waals surface area contributed by atoms with Crippen molar-refractivity contribution >= 4 is 5.91 Å². The number of hydrogen-bond acceptors (Lipinski definition) is 2. The molecule has 1 atom stereocenters. The van der Waals surface area contributed by atoms with Crippen LogP contribution in [0.4, 0.5) is 0 Å². The first-order valence-corrected chi connectivity index (χ1v) is 5.70. The number of hydrogen-bond donors (Lipinski definition) is 1. The fraction of sp³-hybridized carbons (Fsp3) is 0.909. The number of nitrogens with zero attached hydrogens (tertiary/aromatic N) is 1. The Kier molecular flexibility index (Phi) is 4.39. The van der Waals surface area contributed by atoms with Crippen LogP contribution in [0, 0.1) is 5.92 Å². The van der Waals surface area contributed by atoms with E-state index in [1.54, 1.807) is 0 Å². The lowest BCUT2D eigenvalue weighted by atomic mass is 10.2. The van der Waals surface area contributed by atoms with Gasteiger partial charge in [-0.05, 0) is 39.5 Å². The van der Waals surface area contributed by atoms with Crippen LogP contribution in [-0.2, 0) is 4.79 Å². The predicted molar refractivity (Wildman–Crippen MR) is 58.1 cm³/mol. The van der Waals surface area contributed by atoms with Gasteiger partial charge in [0.25, 0.3) is 0 Å². The third-order valence-electron chi connectivity index (χ3n) is 3.02. The Balaban J connectivity index is 2.18. The second-order valence-electron chi connectivity index (χ2n) is 4.07. The molecule has 1 saturated carbocycles. The minimum absolute atomic E-state index is 0.225. The summed E-state index contributed by atoms with van der Waals surface area (Å²) in [5.74, 6) is 1.04. The van der Waals surface area contributed by atoms with Crippen LogP contribution in [0.25, 0.3) is 0 Å². The molecular weight excluding hydrogens is 176 g/mol. The Morgan fingerprint density at radius 2 is 2.00 bits per heavy atom. The average Bonchev–Trinajstić information content (AvgIpc) is 2.99. The molecule has 0 aromatic heterocycles. The number of rotatable bonds is 6. The van der Waals surface area contributed by atoms with E-state index in [2.05, 4.69) is 12.2 Å².